The van der Waals surface area contributed by atoms with Crippen LogP contribution in [0.2, 0.25) is 0 Å². The predicted octanol–water partition coefficient (Wildman–Crippen LogP) is 3.95. The van der Waals surface area contributed by atoms with Gasteiger partial charge in [0.2, 0.25) is 0 Å². The van der Waals surface area contributed by atoms with Crippen LogP contribution in [0.3, 0.4) is 0 Å². The molecule has 21 heavy (non-hydrogen) atoms. The highest BCUT2D eigenvalue weighted by molar-refractivity contribution is 7.22. The van der Waals surface area contributed by atoms with E-state index >= 15 is 0 Å². The number of hydrogen-bond donors (Lipinski definition) is 2. The molecule has 1 aromatic carbocycles. The Balaban J connectivity index is 1.72. The summed E-state index contributed by atoms with van der Waals surface area (Å²) in [5.41, 5.74) is 3.10. The second-order valence-corrected chi connectivity index (χ2v) is 5.82. The topological polar surface area (TPSA) is 66.9 Å². The first-order valence-electron chi connectivity index (χ1n) is 6.48. The molecule has 0 radical (unpaired) electrons. The fourth-order valence-corrected chi connectivity index (χ4v) is 2.83. The Morgan fingerprint density at radius 2 is 1.90 bits per heavy atom. The van der Waals surface area contributed by atoms with Crippen LogP contribution in [0.4, 0.5) is 15.7 Å². The maximum absolute atomic E-state index is 11.9. The van der Waals surface area contributed by atoms with E-state index in [4.69, 9.17) is 0 Å². The Hall–Kier alpha value is -2.47. The van der Waals surface area contributed by atoms with Crippen LogP contribution in [0, 0.1) is 13.8 Å². The molecule has 2 heterocycles. The van der Waals surface area contributed by atoms with E-state index in [1.807, 2.05) is 32.0 Å². The third kappa shape index (κ3) is 3.17. The lowest BCUT2D eigenvalue weighted by molar-refractivity contribution is 0.262. The Labute approximate surface area is 126 Å². The fourth-order valence-electron chi connectivity index (χ4n) is 1.87. The second-order valence-electron chi connectivity index (χ2n) is 4.79. The molecule has 0 aliphatic carbocycles. The molecular formula is C15H14N4OS. The summed E-state index contributed by atoms with van der Waals surface area (Å²) in [5, 5.41) is 5.98. The predicted molar refractivity (Wildman–Crippen MR) is 86.0 cm³/mol. The zero-order chi connectivity index (χ0) is 14.8. The van der Waals surface area contributed by atoms with Crippen molar-refractivity contribution in [1.29, 1.82) is 0 Å². The summed E-state index contributed by atoms with van der Waals surface area (Å²) >= 11 is 1.45. The molecule has 3 aromatic rings. The minimum Gasteiger partial charge on any atom is -0.292 e. The first kappa shape index (κ1) is 13.5. The van der Waals surface area contributed by atoms with Gasteiger partial charge in [0.1, 0.15) is 5.82 Å². The van der Waals surface area contributed by atoms with Crippen molar-refractivity contribution in [3.8, 4) is 0 Å². The molecule has 3 rings (SSSR count). The molecule has 0 spiro atoms. The number of amides is 2. The summed E-state index contributed by atoms with van der Waals surface area (Å²) in [7, 11) is 0. The first-order valence-corrected chi connectivity index (χ1v) is 7.30. The van der Waals surface area contributed by atoms with Crippen molar-refractivity contribution < 1.29 is 4.79 Å². The van der Waals surface area contributed by atoms with Crippen molar-refractivity contribution in [3.63, 3.8) is 0 Å². The van der Waals surface area contributed by atoms with E-state index in [0.717, 1.165) is 15.8 Å². The van der Waals surface area contributed by atoms with Crippen molar-refractivity contribution in [2.24, 2.45) is 0 Å². The van der Waals surface area contributed by atoms with E-state index in [0.29, 0.717) is 10.9 Å². The van der Waals surface area contributed by atoms with Crippen LogP contribution in [0.15, 0.2) is 36.5 Å². The average Bonchev–Trinajstić information content (AvgIpc) is 2.82. The van der Waals surface area contributed by atoms with Crippen LogP contribution in [0.5, 0.6) is 0 Å². The molecule has 0 atom stereocenters. The van der Waals surface area contributed by atoms with Crippen LogP contribution < -0.4 is 10.6 Å². The van der Waals surface area contributed by atoms with Crippen LogP contribution in [0.1, 0.15) is 11.1 Å². The third-order valence-corrected chi connectivity index (χ3v) is 3.85. The summed E-state index contributed by atoms with van der Waals surface area (Å²) < 4.78 is 1.05. The third-order valence-electron chi connectivity index (χ3n) is 2.92. The van der Waals surface area contributed by atoms with Crippen molar-refractivity contribution in [3.05, 3.63) is 47.7 Å². The van der Waals surface area contributed by atoms with E-state index in [9.17, 15) is 4.79 Å². The number of pyridine rings is 1. The van der Waals surface area contributed by atoms with Gasteiger partial charge in [-0.25, -0.2) is 14.8 Å². The lowest BCUT2D eigenvalue weighted by Gasteiger charge is -2.04. The van der Waals surface area contributed by atoms with Crippen molar-refractivity contribution in [1.82, 2.24) is 9.97 Å². The number of rotatable bonds is 2. The molecule has 2 amide bonds. The minimum atomic E-state index is -0.345. The number of hydrogen-bond acceptors (Lipinski definition) is 4. The van der Waals surface area contributed by atoms with Gasteiger partial charge < -0.3 is 0 Å². The standard InChI is InChI=1S/C15H14N4OS/c1-9-3-5-11-12(7-9)21-15(17-11)19-14(20)18-13-6-4-10(2)8-16-13/h3-8H,1-2H3,(H2,16,17,18,19,20). The molecule has 2 N–H and O–H groups in total. The number of nitrogens with one attached hydrogen (secondary N) is 2. The molecule has 0 bridgehead atoms. The molecule has 0 aliphatic heterocycles. The number of urea groups is 1. The van der Waals surface area contributed by atoms with Crippen molar-refractivity contribution >= 4 is 38.5 Å². The van der Waals surface area contributed by atoms with Gasteiger partial charge in [-0.05, 0) is 43.2 Å². The number of thiazole rings is 1. The molecule has 5 nitrogen and oxygen atoms in total. The van der Waals surface area contributed by atoms with Gasteiger partial charge in [0, 0.05) is 6.20 Å². The molecule has 6 heteroatoms. The summed E-state index contributed by atoms with van der Waals surface area (Å²) in [6.07, 6.45) is 1.70. The number of carbonyl (C=O) groups is 1. The van der Waals surface area contributed by atoms with Crippen LogP contribution in [-0.4, -0.2) is 16.0 Å². The van der Waals surface area contributed by atoms with Crippen LogP contribution in [0.25, 0.3) is 10.2 Å². The summed E-state index contributed by atoms with van der Waals surface area (Å²) in [5.74, 6) is 0.509. The van der Waals surface area contributed by atoms with Crippen LogP contribution >= 0.6 is 11.3 Å². The highest BCUT2D eigenvalue weighted by atomic mass is 32.1. The SMILES string of the molecule is Cc1ccc(NC(=O)Nc2nc3ccc(C)cc3s2)nc1. The van der Waals surface area contributed by atoms with E-state index < -0.39 is 0 Å². The lowest BCUT2D eigenvalue weighted by atomic mass is 10.2. The van der Waals surface area contributed by atoms with Gasteiger partial charge in [-0.1, -0.05) is 23.5 Å². The Bertz CT molecular complexity index is 795. The molecule has 0 fully saturated rings. The van der Waals surface area contributed by atoms with Crippen molar-refractivity contribution in [2.75, 3.05) is 10.6 Å². The molecular weight excluding hydrogens is 284 g/mol. The normalized spacial score (nSPS) is 10.6. The highest BCUT2D eigenvalue weighted by Gasteiger charge is 2.08. The summed E-state index contributed by atoms with van der Waals surface area (Å²) in [6, 6.07) is 9.31. The number of benzene rings is 1. The van der Waals surface area contributed by atoms with Gasteiger partial charge in [0.05, 0.1) is 10.2 Å². The van der Waals surface area contributed by atoms with E-state index in [2.05, 4.69) is 26.7 Å². The van der Waals surface area contributed by atoms with Gasteiger partial charge in [-0.3, -0.25) is 10.6 Å². The van der Waals surface area contributed by atoms with Gasteiger partial charge in [0.25, 0.3) is 0 Å². The minimum absolute atomic E-state index is 0.345. The highest BCUT2D eigenvalue weighted by Crippen LogP contribution is 2.26. The smallest absolute Gasteiger partial charge is 0.292 e. The Morgan fingerprint density at radius 1 is 1.10 bits per heavy atom. The van der Waals surface area contributed by atoms with Gasteiger partial charge in [0.15, 0.2) is 5.13 Å². The fraction of sp³-hybridized carbons (Fsp3) is 0.133. The van der Waals surface area contributed by atoms with E-state index in [1.165, 1.54) is 16.9 Å². The van der Waals surface area contributed by atoms with Gasteiger partial charge in [-0.15, -0.1) is 0 Å². The Morgan fingerprint density at radius 3 is 2.67 bits per heavy atom. The summed E-state index contributed by atoms with van der Waals surface area (Å²) in [6.45, 7) is 3.97. The quantitative estimate of drug-likeness (QED) is 0.752. The van der Waals surface area contributed by atoms with E-state index in [1.54, 1.807) is 12.3 Å². The number of anilines is 2. The van der Waals surface area contributed by atoms with Gasteiger partial charge >= 0.3 is 6.03 Å². The second kappa shape index (κ2) is 5.49. The number of nitrogens with zero attached hydrogens (tertiary/aromatic N) is 2. The Kier molecular flexibility index (Phi) is 3.53. The number of fused-ring (bicyclic) bond motifs is 1. The molecule has 0 saturated carbocycles. The number of carbonyl (C=O) groups excluding carboxylic acids is 1. The molecule has 2 aromatic heterocycles. The first-order chi connectivity index (χ1) is 10.1. The number of aryl methyl sites for hydroxylation is 2. The molecule has 0 aliphatic rings. The molecule has 106 valence electrons. The lowest BCUT2D eigenvalue weighted by Crippen LogP contribution is -2.19. The zero-order valence-electron chi connectivity index (χ0n) is 11.7. The zero-order valence-corrected chi connectivity index (χ0v) is 12.5. The average molecular weight is 298 g/mol. The molecule has 0 unspecified atom stereocenters. The molecule has 0 saturated heterocycles. The summed E-state index contributed by atoms with van der Waals surface area (Å²) in [4.78, 5) is 20.4. The van der Waals surface area contributed by atoms with Gasteiger partial charge in [-0.2, -0.15) is 0 Å². The van der Waals surface area contributed by atoms with Crippen LogP contribution in [-0.2, 0) is 0 Å². The number of aromatic nitrogens is 2. The maximum Gasteiger partial charge on any atom is 0.326 e. The van der Waals surface area contributed by atoms with E-state index in [-0.39, 0.29) is 6.03 Å². The largest absolute Gasteiger partial charge is 0.326 e. The van der Waals surface area contributed by atoms with Crippen molar-refractivity contribution in [2.45, 2.75) is 13.8 Å². The maximum atomic E-state index is 11.9. The monoisotopic (exact) mass is 298 g/mol.